The van der Waals surface area contributed by atoms with Crippen molar-refractivity contribution < 1.29 is 9.59 Å². The van der Waals surface area contributed by atoms with Crippen LogP contribution in [0.1, 0.15) is 13.3 Å². The molecular weight excluding hydrogens is 270 g/mol. The second-order valence-electron chi connectivity index (χ2n) is 4.36. The molecule has 0 N–H and O–H groups in total. The lowest BCUT2D eigenvalue weighted by molar-refractivity contribution is -0.117. The smallest absolute Gasteiger partial charge is 0.227 e. The zero-order chi connectivity index (χ0) is 13.1. The Hall–Kier alpha value is -1.00. The molecule has 1 fully saturated rings. The summed E-state index contributed by atoms with van der Waals surface area (Å²) < 4.78 is 0. The van der Waals surface area contributed by atoms with E-state index in [0.29, 0.717) is 23.7 Å². The number of carbonyl (C=O) groups is 2. The van der Waals surface area contributed by atoms with Gasteiger partial charge < -0.3 is 4.90 Å². The van der Waals surface area contributed by atoms with E-state index in [9.17, 15) is 9.59 Å². The van der Waals surface area contributed by atoms with Crippen LogP contribution in [0.25, 0.3) is 0 Å². The van der Waals surface area contributed by atoms with Crippen molar-refractivity contribution >= 4 is 40.1 Å². The highest BCUT2D eigenvalue weighted by Gasteiger charge is 2.30. The van der Waals surface area contributed by atoms with Gasteiger partial charge in [-0.25, -0.2) is 0 Å². The molecule has 1 heterocycles. The van der Waals surface area contributed by atoms with Gasteiger partial charge in [0.2, 0.25) is 5.91 Å². The molecule has 1 unspecified atom stereocenters. The van der Waals surface area contributed by atoms with E-state index in [0.717, 1.165) is 5.69 Å². The summed E-state index contributed by atoms with van der Waals surface area (Å²) in [7, 11) is 0. The Morgan fingerprint density at radius 2 is 2.33 bits per heavy atom. The second kappa shape index (κ2) is 5.76. The lowest BCUT2D eigenvalue weighted by Gasteiger charge is -2.16. The molecule has 1 atom stereocenters. The van der Waals surface area contributed by atoms with Gasteiger partial charge in [-0.15, -0.1) is 0 Å². The summed E-state index contributed by atoms with van der Waals surface area (Å²) in [6, 6.07) is 7.29. The molecule has 2 rings (SSSR count). The van der Waals surface area contributed by atoms with Gasteiger partial charge in [-0.05, 0) is 24.1 Å². The van der Waals surface area contributed by atoms with Crippen molar-refractivity contribution in [1.29, 1.82) is 0 Å². The molecule has 0 saturated carbocycles. The van der Waals surface area contributed by atoms with Gasteiger partial charge in [0.15, 0.2) is 5.12 Å². The van der Waals surface area contributed by atoms with Gasteiger partial charge in [0.1, 0.15) is 0 Å². The number of rotatable bonds is 3. The van der Waals surface area contributed by atoms with Crippen molar-refractivity contribution in [2.75, 3.05) is 17.2 Å². The molecule has 0 aromatic heterocycles. The van der Waals surface area contributed by atoms with E-state index in [1.807, 2.05) is 12.1 Å². The average Bonchev–Trinajstić information content (AvgIpc) is 2.68. The monoisotopic (exact) mass is 283 g/mol. The highest BCUT2D eigenvalue weighted by molar-refractivity contribution is 8.13. The average molecular weight is 284 g/mol. The Morgan fingerprint density at radius 3 is 3.00 bits per heavy atom. The van der Waals surface area contributed by atoms with E-state index in [2.05, 4.69) is 0 Å². The molecule has 0 radical (unpaired) electrons. The molecule has 18 heavy (non-hydrogen) atoms. The first-order valence-electron chi connectivity index (χ1n) is 5.75. The Bertz CT molecular complexity index is 478. The lowest BCUT2D eigenvalue weighted by atomic mass is 10.1. The molecule has 1 aromatic rings. The van der Waals surface area contributed by atoms with Crippen LogP contribution in [0.15, 0.2) is 24.3 Å². The third-order valence-electron chi connectivity index (χ3n) is 2.85. The highest BCUT2D eigenvalue weighted by atomic mass is 35.5. The van der Waals surface area contributed by atoms with E-state index in [1.54, 1.807) is 24.0 Å². The summed E-state index contributed by atoms with van der Waals surface area (Å²) in [6.07, 6.45) is 0.507. The van der Waals surface area contributed by atoms with Crippen molar-refractivity contribution in [1.82, 2.24) is 0 Å². The predicted molar refractivity (Wildman–Crippen MR) is 75.1 cm³/mol. The van der Waals surface area contributed by atoms with Crippen molar-refractivity contribution in [3.05, 3.63) is 29.3 Å². The standard InChI is InChI=1S/C13H14ClNO2S/c1-9(16)18-8-10-5-13(17)15(7-10)12-4-2-3-11(14)6-12/h2-4,6,10H,5,7-8H2,1H3. The van der Waals surface area contributed by atoms with Gasteiger partial charge in [0, 0.05) is 36.4 Å². The van der Waals surface area contributed by atoms with Crippen LogP contribution in [0.5, 0.6) is 0 Å². The molecule has 3 nitrogen and oxygen atoms in total. The maximum absolute atomic E-state index is 11.9. The van der Waals surface area contributed by atoms with Crippen LogP contribution in [-0.4, -0.2) is 23.3 Å². The van der Waals surface area contributed by atoms with Crippen LogP contribution in [0, 0.1) is 5.92 Å². The van der Waals surface area contributed by atoms with Crippen LogP contribution >= 0.6 is 23.4 Å². The fraction of sp³-hybridized carbons (Fsp3) is 0.385. The van der Waals surface area contributed by atoms with Crippen molar-refractivity contribution in [2.45, 2.75) is 13.3 Å². The van der Waals surface area contributed by atoms with Crippen LogP contribution in [-0.2, 0) is 9.59 Å². The van der Waals surface area contributed by atoms with E-state index < -0.39 is 0 Å². The number of hydrogen-bond acceptors (Lipinski definition) is 3. The third kappa shape index (κ3) is 3.27. The van der Waals surface area contributed by atoms with Crippen LogP contribution in [0.3, 0.4) is 0 Å². The minimum Gasteiger partial charge on any atom is -0.312 e. The van der Waals surface area contributed by atoms with Crippen LogP contribution in [0.2, 0.25) is 5.02 Å². The van der Waals surface area contributed by atoms with Gasteiger partial charge >= 0.3 is 0 Å². The number of hydrogen-bond donors (Lipinski definition) is 0. The molecule has 5 heteroatoms. The Labute approximate surface area is 115 Å². The second-order valence-corrected chi connectivity index (χ2v) is 5.99. The Kier molecular flexibility index (Phi) is 4.30. The van der Waals surface area contributed by atoms with Gasteiger partial charge in [-0.3, -0.25) is 9.59 Å². The molecule has 1 aliphatic heterocycles. The maximum Gasteiger partial charge on any atom is 0.227 e. The van der Waals surface area contributed by atoms with Crippen LogP contribution in [0.4, 0.5) is 5.69 Å². The first-order chi connectivity index (χ1) is 8.56. The largest absolute Gasteiger partial charge is 0.312 e. The van der Waals surface area contributed by atoms with Crippen molar-refractivity contribution in [2.24, 2.45) is 5.92 Å². The van der Waals surface area contributed by atoms with Gasteiger partial charge in [-0.1, -0.05) is 29.4 Å². The van der Waals surface area contributed by atoms with E-state index in [-0.39, 0.29) is 16.9 Å². The molecule has 1 aliphatic rings. The zero-order valence-electron chi connectivity index (χ0n) is 10.1. The molecular formula is C13H14ClNO2S. The number of thioether (sulfide) groups is 1. The number of benzene rings is 1. The predicted octanol–water partition coefficient (Wildman–Crippen LogP) is 2.97. The van der Waals surface area contributed by atoms with Crippen molar-refractivity contribution in [3.63, 3.8) is 0 Å². The lowest BCUT2D eigenvalue weighted by Crippen LogP contribution is -2.24. The summed E-state index contributed by atoms with van der Waals surface area (Å²) in [5.41, 5.74) is 0.836. The molecule has 1 saturated heterocycles. The highest BCUT2D eigenvalue weighted by Crippen LogP contribution is 2.28. The maximum atomic E-state index is 11.9. The molecule has 0 aliphatic carbocycles. The van der Waals surface area contributed by atoms with E-state index >= 15 is 0 Å². The fourth-order valence-electron chi connectivity index (χ4n) is 2.02. The quantitative estimate of drug-likeness (QED) is 0.856. The fourth-order valence-corrected chi connectivity index (χ4v) is 2.90. The third-order valence-corrected chi connectivity index (χ3v) is 4.13. The molecule has 1 aromatic carbocycles. The molecule has 1 amide bonds. The minimum atomic E-state index is 0.101. The van der Waals surface area contributed by atoms with Gasteiger partial charge in [0.25, 0.3) is 0 Å². The summed E-state index contributed by atoms with van der Waals surface area (Å²) >= 11 is 7.21. The number of anilines is 1. The van der Waals surface area contributed by atoms with Crippen LogP contribution < -0.4 is 4.90 Å². The van der Waals surface area contributed by atoms with E-state index in [4.69, 9.17) is 11.6 Å². The summed E-state index contributed by atoms with van der Waals surface area (Å²) in [5, 5.41) is 0.727. The molecule has 0 bridgehead atoms. The Morgan fingerprint density at radius 1 is 1.56 bits per heavy atom. The minimum absolute atomic E-state index is 0.101. The number of halogens is 1. The van der Waals surface area contributed by atoms with Crippen molar-refractivity contribution in [3.8, 4) is 0 Å². The van der Waals surface area contributed by atoms with E-state index in [1.165, 1.54) is 11.8 Å². The molecule has 0 spiro atoms. The Balaban J connectivity index is 2.03. The number of amides is 1. The zero-order valence-corrected chi connectivity index (χ0v) is 11.6. The summed E-state index contributed by atoms with van der Waals surface area (Å²) in [5.74, 6) is 1.05. The first-order valence-corrected chi connectivity index (χ1v) is 7.12. The normalized spacial score (nSPS) is 19.3. The van der Waals surface area contributed by atoms with Gasteiger partial charge in [-0.2, -0.15) is 0 Å². The summed E-state index contributed by atoms with van der Waals surface area (Å²) in [4.78, 5) is 24.6. The first kappa shape index (κ1) is 13.4. The SMILES string of the molecule is CC(=O)SCC1CC(=O)N(c2cccc(Cl)c2)C1. The van der Waals surface area contributed by atoms with Gasteiger partial charge in [0.05, 0.1) is 0 Å². The number of nitrogens with zero attached hydrogens (tertiary/aromatic N) is 1. The topological polar surface area (TPSA) is 37.4 Å². The number of carbonyl (C=O) groups excluding carboxylic acids is 2. The molecule has 96 valence electrons. The summed E-state index contributed by atoms with van der Waals surface area (Å²) in [6.45, 7) is 2.22.